The second-order valence-electron chi connectivity index (χ2n) is 5.96. The molecule has 5 rings (SSSR count). The highest BCUT2D eigenvalue weighted by Gasteiger charge is 2.31. The number of hydrogen-bond acceptors (Lipinski definition) is 1. The van der Waals surface area contributed by atoms with Crippen LogP contribution in [0.4, 0.5) is 0 Å². The fraction of sp³-hybridized carbons (Fsp3) is 0.333. The van der Waals surface area contributed by atoms with E-state index in [9.17, 15) is 0 Å². The topological polar surface area (TPSA) is 19.0 Å². The molecule has 3 heteroatoms. The number of benzene rings is 1. The lowest BCUT2D eigenvalue weighted by Crippen LogP contribution is -2.37. The Labute approximate surface area is 131 Å². The molecule has 0 saturated carbocycles. The third kappa shape index (κ3) is 2.14. The third-order valence-corrected chi connectivity index (χ3v) is 4.90. The van der Waals surface area contributed by atoms with E-state index in [0.29, 0.717) is 5.92 Å². The van der Waals surface area contributed by atoms with Gasteiger partial charge in [-0.15, -0.1) is 12.4 Å². The van der Waals surface area contributed by atoms with Gasteiger partial charge < -0.3 is 4.98 Å². The van der Waals surface area contributed by atoms with Gasteiger partial charge in [-0.3, -0.25) is 4.90 Å². The molecule has 3 aliphatic rings. The molecule has 2 bridgehead atoms. The van der Waals surface area contributed by atoms with Crippen molar-refractivity contribution in [2.24, 2.45) is 5.92 Å². The number of allylic oxidation sites excluding steroid dienone is 2. The van der Waals surface area contributed by atoms with E-state index in [1.165, 1.54) is 46.3 Å². The Morgan fingerprint density at radius 1 is 1.29 bits per heavy atom. The summed E-state index contributed by atoms with van der Waals surface area (Å²) in [4.78, 5) is 6.18. The maximum absolute atomic E-state index is 4.44. The first-order valence-corrected chi connectivity index (χ1v) is 7.44. The maximum atomic E-state index is 4.44. The number of aromatic amines is 1. The van der Waals surface area contributed by atoms with E-state index in [1.54, 1.807) is 0 Å². The van der Waals surface area contributed by atoms with Crippen LogP contribution in [0, 0.1) is 5.92 Å². The van der Waals surface area contributed by atoms with Crippen LogP contribution in [0.5, 0.6) is 0 Å². The van der Waals surface area contributed by atoms with Crippen molar-refractivity contribution in [1.29, 1.82) is 0 Å². The van der Waals surface area contributed by atoms with Crippen molar-refractivity contribution in [3.63, 3.8) is 0 Å². The predicted molar refractivity (Wildman–Crippen MR) is 91.7 cm³/mol. The normalized spacial score (nSPS) is 26.3. The van der Waals surface area contributed by atoms with Crippen molar-refractivity contribution in [1.82, 2.24) is 9.88 Å². The van der Waals surface area contributed by atoms with Gasteiger partial charge in [0, 0.05) is 35.6 Å². The molecule has 110 valence electrons. The molecular formula is C18H21ClN2. The Morgan fingerprint density at radius 3 is 2.90 bits per heavy atom. The first-order chi connectivity index (χ1) is 9.78. The van der Waals surface area contributed by atoms with E-state index in [-0.39, 0.29) is 12.4 Å². The van der Waals surface area contributed by atoms with Gasteiger partial charge in [-0.05, 0) is 37.1 Å². The van der Waals surface area contributed by atoms with Crippen molar-refractivity contribution in [2.45, 2.75) is 19.9 Å². The minimum absolute atomic E-state index is 0. The number of piperidine rings is 1. The van der Waals surface area contributed by atoms with E-state index in [1.807, 2.05) is 0 Å². The van der Waals surface area contributed by atoms with Gasteiger partial charge in [0.15, 0.2) is 0 Å². The molecular weight excluding hydrogens is 280 g/mol. The van der Waals surface area contributed by atoms with Crippen LogP contribution < -0.4 is 0 Å². The first-order valence-electron chi connectivity index (χ1n) is 7.44. The minimum atomic E-state index is 0. The van der Waals surface area contributed by atoms with E-state index >= 15 is 0 Å². The summed E-state index contributed by atoms with van der Waals surface area (Å²) in [6.45, 7) is 9.90. The van der Waals surface area contributed by atoms with Crippen LogP contribution in [0.1, 0.15) is 24.6 Å². The largest absolute Gasteiger partial charge is 0.355 e. The molecule has 21 heavy (non-hydrogen) atoms. The third-order valence-electron chi connectivity index (χ3n) is 4.90. The molecule has 1 aromatic carbocycles. The lowest BCUT2D eigenvalue weighted by Gasteiger charge is -2.38. The predicted octanol–water partition coefficient (Wildman–Crippen LogP) is 4.38. The van der Waals surface area contributed by atoms with Crippen LogP contribution >= 0.6 is 12.4 Å². The van der Waals surface area contributed by atoms with Crippen molar-refractivity contribution in [3.8, 4) is 0 Å². The highest BCUT2D eigenvalue weighted by atomic mass is 35.5. The number of para-hydroxylation sites is 1. The fourth-order valence-corrected chi connectivity index (χ4v) is 3.81. The number of nitrogens with one attached hydrogen (secondary N) is 1. The van der Waals surface area contributed by atoms with E-state index < -0.39 is 0 Å². The molecule has 1 saturated heterocycles. The van der Waals surface area contributed by atoms with E-state index in [2.05, 4.69) is 53.7 Å². The van der Waals surface area contributed by atoms with Gasteiger partial charge >= 0.3 is 0 Å². The SMILES string of the molecule is C=C1c2[nH]c3ccccc3c2CN2CC[C@@H]1/C(=C\C)C2.Cl. The summed E-state index contributed by atoms with van der Waals surface area (Å²) < 4.78 is 0. The summed E-state index contributed by atoms with van der Waals surface area (Å²) in [5.41, 5.74) is 6.77. The summed E-state index contributed by atoms with van der Waals surface area (Å²) in [7, 11) is 0. The monoisotopic (exact) mass is 300 g/mol. The van der Waals surface area contributed by atoms with Gasteiger partial charge in [0.2, 0.25) is 0 Å². The van der Waals surface area contributed by atoms with Gasteiger partial charge in [0.05, 0.1) is 0 Å². The molecule has 1 N–H and O–H groups in total. The molecule has 3 aliphatic heterocycles. The number of halogens is 1. The number of fused-ring (bicyclic) bond motifs is 3. The Balaban J connectivity index is 0.00000132. The summed E-state index contributed by atoms with van der Waals surface area (Å²) in [5.74, 6) is 0.517. The standard InChI is InChI=1S/C18H20N2.ClH/c1-3-13-10-20-9-8-14(13)12(2)18-16(11-20)15-6-4-5-7-17(15)19-18;/h3-7,14,19H,2,8-11H2,1H3;1H/b13-3-;/t14-;/m0./s1. The average molecular weight is 301 g/mol. The van der Waals surface area contributed by atoms with Crippen LogP contribution in [0.2, 0.25) is 0 Å². The molecule has 2 aromatic rings. The Kier molecular flexibility index (Phi) is 3.68. The minimum Gasteiger partial charge on any atom is -0.355 e. The molecule has 1 fully saturated rings. The maximum Gasteiger partial charge on any atom is 0.0469 e. The summed E-state index contributed by atoms with van der Waals surface area (Å²) in [6, 6.07) is 8.62. The number of hydrogen-bond donors (Lipinski definition) is 1. The Morgan fingerprint density at radius 2 is 2.10 bits per heavy atom. The van der Waals surface area contributed by atoms with Gasteiger partial charge in [-0.25, -0.2) is 0 Å². The number of H-pyrrole nitrogens is 1. The molecule has 2 nitrogen and oxygen atoms in total. The molecule has 0 radical (unpaired) electrons. The number of rotatable bonds is 0. The first kappa shape index (κ1) is 14.4. The number of nitrogens with zero attached hydrogens (tertiary/aromatic N) is 1. The van der Waals surface area contributed by atoms with E-state index in [0.717, 1.165) is 13.1 Å². The quantitative estimate of drug-likeness (QED) is 0.715. The summed E-state index contributed by atoms with van der Waals surface area (Å²) in [5, 5.41) is 1.36. The van der Waals surface area contributed by atoms with Crippen molar-refractivity contribution in [2.75, 3.05) is 13.1 Å². The van der Waals surface area contributed by atoms with Gasteiger partial charge in [0.25, 0.3) is 0 Å². The van der Waals surface area contributed by atoms with Crippen LogP contribution in [-0.2, 0) is 6.54 Å². The second-order valence-corrected chi connectivity index (χ2v) is 5.96. The van der Waals surface area contributed by atoms with Gasteiger partial charge in [-0.1, -0.05) is 36.4 Å². The zero-order chi connectivity index (χ0) is 13.7. The molecule has 0 amide bonds. The molecule has 0 spiro atoms. The second kappa shape index (κ2) is 5.36. The molecule has 0 aliphatic carbocycles. The smallest absolute Gasteiger partial charge is 0.0469 e. The zero-order valence-corrected chi connectivity index (χ0v) is 13.2. The van der Waals surface area contributed by atoms with Crippen LogP contribution in [0.15, 0.2) is 42.5 Å². The highest BCUT2D eigenvalue weighted by Crippen LogP contribution is 2.40. The van der Waals surface area contributed by atoms with E-state index in [4.69, 9.17) is 0 Å². The Bertz CT molecular complexity index is 726. The number of aromatic nitrogens is 1. The van der Waals surface area contributed by atoms with Crippen molar-refractivity contribution < 1.29 is 0 Å². The molecule has 4 heterocycles. The fourth-order valence-electron chi connectivity index (χ4n) is 3.81. The van der Waals surface area contributed by atoms with Crippen LogP contribution in [-0.4, -0.2) is 23.0 Å². The van der Waals surface area contributed by atoms with Crippen molar-refractivity contribution >= 4 is 28.9 Å². The average Bonchev–Trinajstić information content (AvgIpc) is 2.83. The molecule has 1 aromatic heterocycles. The van der Waals surface area contributed by atoms with Gasteiger partial charge in [0.1, 0.15) is 0 Å². The molecule has 1 unspecified atom stereocenters. The molecule has 2 atom stereocenters. The summed E-state index contributed by atoms with van der Waals surface area (Å²) >= 11 is 0. The van der Waals surface area contributed by atoms with Crippen LogP contribution in [0.25, 0.3) is 16.5 Å². The Hall–Kier alpha value is -1.51. The summed E-state index contributed by atoms with van der Waals surface area (Å²) in [6.07, 6.45) is 3.49. The highest BCUT2D eigenvalue weighted by molar-refractivity contribution is 5.90. The lowest BCUT2D eigenvalue weighted by molar-refractivity contribution is 0.238. The lowest BCUT2D eigenvalue weighted by atomic mass is 9.81. The van der Waals surface area contributed by atoms with Crippen molar-refractivity contribution in [3.05, 3.63) is 53.8 Å². The van der Waals surface area contributed by atoms with Crippen LogP contribution in [0.3, 0.4) is 0 Å². The van der Waals surface area contributed by atoms with Gasteiger partial charge in [-0.2, -0.15) is 0 Å². The zero-order valence-electron chi connectivity index (χ0n) is 12.4.